The van der Waals surface area contributed by atoms with Gasteiger partial charge in [-0.05, 0) is 23.3 Å². The van der Waals surface area contributed by atoms with Crippen LogP contribution in [0.5, 0.6) is 0 Å². The van der Waals surface area contributed by atoms with Gasteiger partial charge in [-0.25, -0.2) is 4.98 Å². The van der Waals surface area contributed by atoms with Crippen LogP contribution >= 0.6 is 0 Å². The lowest BCUT2D eigenvalue weighted by molar-refractivity contribution is 0.571. The number of benzene rings is 2. The quantitative estimate of drug-likeness (QED) is 0.556. The van der Waals surface area contributed by atoms with Gasteiger partial charge in [-0.2, -0.15) is 5.10 Å². The molecule has 1 N–H and O–H groups in total. The van der Waals surface area contributed by atoms with Gasteiger partial charge in [0.15, 0.2) is 5.69 Å². The number of aromatic amines is 1. The normalized spacial score (nSPS) is 17.9. The number of nitrogens with zero attached hydrogens (tertiary/aromatic N) is 3. The molecule has 5 nitrogen and oxygen atoms in total. The molecule has 2 aromatic carbocycles. The molecule has 0 saturated carbocycles. The summed E-state index contributed by atoms with van der Waals surface area (Å²) in [6.07, 6.45) is 8.44. The van der Waals surface area contributed by atoms with Crippen LogP contribution in [0.2, 0.25) is 0 Å². The van der Waals surface area contributed by atoms with Crippen molar-refractivity contribution in [1.29, 1.82) is 0 Å². The smallest absolute Gasteiger partial charge is 0.247 e. The molecule has 5 heteroatoms. The van der Waals surface area contributed by atoms with Crippen LogP contribution in [-0.4, -0.2) is 29.3 Å². The predicted octanol–water partition coefficient (Wildman–Crippen LogP) is 4.69. The zero-order valence-electron chi connectivity index (χ0n) is 16.5. The molecule has 29 heavy (non-hydrogen) atoms. The van der Waals surface area contributed by atoms with E-state index in [9.17, 15) is 0 Å². The number of rotatable bonds is 4. The highest BCUT2D eigenvalue weighted by Crippen LogP contribution is 2.43. The fourth-order valence-corrected chi connectivity index (χ4v) is 4.12. The third kappa shape index (κ3) is 2.86. The molecule has 2 aromatic heterocycles. The highest BCUT2D eigenvalue weighted by atomic mass is 16.3. The molecular weight excluding hydrogens is 360 g/mol. The van der Waals surface area contributed by atoms with E-state index in [0.717, 1.165) is 23.4 Å². The Hall–Kier alpha value is -3.60. The summed E-state index contributed by atoms with van der Waals surface area (Å²) >= 11 is 0. The van der Waals surface area contributed by atoms with Gasteiger partial charge in [-0.15, -0.1) is 0 Å². The Kier molecular flexibility index (Phi) is 4.09. The number of oxazole rings is 1. The van der Waals surface area contributed by atoms with Crippen molar-refractivity contribution in [2.24, 2.45) is 0 Å². The molecule has 0 bridgehead atoms. The van der Waals surface area contributed by atoms with Crippen LogP contribution in [0.25, 0.3) is 17.7 Å². The summed E-state index contributed by atoms with van der Waals surface area (Å²) in [5.41, 5.74) is 6.32. The first kappa shape index (κ1) is 17.5. The molecule has 1 aliphatic carbocycles. The number of fused-ring (bicyclic) bond motifs is 1. The van der Waals surface area contributed by atoms with Crippen LogP contribution in [0.3, 0.4) is 0 Å². The Morgan fingerprint density at radius 3 is 2.45 bits per heavy atom. The maximum Gasteiger partial charge on any atom is 0.247 e. The number of H-pyrrole nitrogens is 1. The molecule has 0 fully saturated rings. The Morgan fingerprint density at radius 1 is 1.00 bits per heavy atom. The van der Waals surface area contributed by atoms with Crippen molar-refractivity contribution < 1.29 is 4.42 Å². The van der Waals surface area contributed by atoms with Gasteiger partial charge in [0, 0.05) is 42.9 Å². The number of allylic oxidation sites excluding steroid dienone is 1. The number of aromatic nitrogens is 3. The molecule has 1 unspecified atom stereocenters. The minimum absolute atomic E-state index is 0.264. The van der Waals surface area contributed by atoms with Crippen molar-refractivity contribution >= 4 is 11.8 Å². The van der Waals surface area contributed by atoms with Crippen LogP contribution in [0.4, 0.5) is 5.69 Å². The molecular formula is C24H22N4O. The van der Waals surface area contributed by atoms with Crippen LogP contribution < -0.4 is 4.90 Å². The van der Waals surface area contributed by atoms with Gasteiger partial charge in [0.1, 0.15) is 6.26 Å². The van der Waals surface area contributed by atoms with E-state index in [1.54, 1.807) is 12.5 Å². The molecule has 4 aromatic rings. The summed E-state index contributed by atoms with van der Waals surface area (Å²) in [4.78, 5) is 6.37. The molecule has 0 amide bonds. The van der Waals surface area contributed by atoms with Gasteiger partial charge in [0.2, 0.25) is 5.89 Å². The van der Waals surface area contributed by atoms with Crippen molar-refractivity contribution in [1.82, 2.24) is 15.2 Å². The Morgan fingerprint density at radius 2 is 1.76 bits per heavy atom. The molecule has 5 rings (SSSR count). The van der Waals surface area contributed by atoms with Crippen molar-refractivity contribution in [3.63, 3.8) is 0 Å². The second-order valence-corrected chi connectivity index (χ2v) is 7.59. The summed E-state index contributed by atoms with van der Waals surface area (Å²) in [5, 5.41) is 7.72. The van der Waals surface area contributed by atoms with E-state index in [2.05, 4.69) is 101 Å². The fraction of sp³-hybridized carbons (Fsp3) is 0.167. The number of anilines is 1. The summed E-state index contributed by atoms with van der Waals surface area (Å²) in [6, 6.07) is 19.4. The number of nitrogens with one attached hydrogen (secondary N) is 1. The predicted molar refractivity (Wildman–Crippen MR) is 115 cm³/mol. The first-order valence-corrected chi connectivity index (χ1v) is 9.67. The van der Waals surface area contributed by atoms with E-state index in [0.29, 0.717) is 5.89 Å². The van der Waals surface area contributed by atoms with Gasteiger partial charge in [0.05, 0.1) is 6.20 Å². The lowest BCUT2D eigenvalue weighted by Gasteiger charge is -2.34. The highest BCUT2D eigenvalue weighted by Gasteiger charge is 2.37. The number of hydrogen-bond donors (Lipinski definition) is 1. The van der Waals surface area contributed by atoms with Crippen LogP contribution in [-0.2, 0) is 11.8 Å². The van der Waals surface area contributed by atoms with Crippen molar-refractivity contribution in [3.05, 3.63) is 95.5 Å². The molecule has 144 valence electrons. The van der Waals surface area contributed by atoms with Gasteiger partial charge < -0.3 is 9.32 Å². The molecule has 0 aliphatic heterocycles. The van der Waals surface area contributed by atoms with E-state index >= 15 is 0 Å². The zero-order chi connectivity index (χ0) is 19.8. The second kappa shape index (κ2) is 6.78. The first-order valence-electron chi connectivity index (χ1n) is 9.67. The zero-order valence-corrected chi connectivity index (χ0v) is 16.5. The second-order valence-electron chi connectivity index (χ2n) is 7.59. The number of hydrogen-bond acceptors (Lipinski definition) is 4. The fourth-order valence-electron chi connectivity index (χ4n) is 4.12. The molecule has 1 aliphatic rings. The molecule has 1 atom stereocenters. The average molecular weight is 382 g/mol. The standard InChI is InChI=1S/C24H22N4O/c1-28(2)19-10-8-18(9-11-19)24(17-6-4-3-5-7-17)13-12-20-21(16-24)26-27-22(20)23-25-14-15-29-23/h3-15H,16H2,1-2H3,(H,26,27). The van der Waals surface area contributed by atoms with Crippen molar-refractivity contribution in [2.45, 2.75) is 11.8 Å². The summed E-state index contributed by atoms with van der Waals surface area (Å²) in [5.74, 6) is 0.537. The lowest BCUT2D eigenvalue weighted by Crippen LogP contribution is -2.30. The lowest BCUT2D eigenvalue weighted by atomic mass is 9.68. The van der Waals surface area contributed by atoms with Crippen LogP contribution in [0.1, 0.15) is 22.4 Å². The Labute approximate surface area is 169 Å². The Bertz CT molecular complexity index is 1140. The minimum atomic E-state index is -0.264. The monoisotopic (exact) mass is 382 g/mol. The topological polar surface area (TPSA) is 58.0 Å². The maximum atomic E-state index is 5.47. The van der Waals surface area contributed by atoms with Crippen molar-refractivity contribution in [2.75, 3.05) is 19.0 Å². The van der Waals surface area contributed by atoms with E-state index in [1.165, 1.54) is 16.8 Å². The summed E-state index contributed by atoms with van der Waals surface area (Å²) < 4.78 is 5.47. The van der Waals surface area contributed by atoms with E-state index in [4.69, 9.17) is 4.42 Å². The SMILES string of the molecule is CN(C)c1ccc(C2(c3ccccc3)C=Cc3c(-c4ncco4)n[nH]c3C2)cc1. The minimum Gasteiger partial charge on any atom is -0.443 e. The Balaban J connectivity index is 1.63. The third-order valence-electron chi connectivity index (χ3n) is 5.70. The first-order chi connectivity index (χ1) is 14.2. The third-order valence-corrected chi connectivity index (χ3v) is 5.70. The maximum absolute atomic E-state index is 5.47. The van der Waals surface area contributed by atoms with Gasteiger partial charge in [-0.1, -0.05) is 54.6 Å². The van der Waals surface area contributed by atoms with E-state index in [-0.39, 0.29) is 5.41 Å². The molecule has 0 saturated heterocycles. The molecule has 0 radical (unpaired) electrons. The van der Waals surface area contributed by atoms with Crippen LogP contribution in [0.15, 0.2) is 77.6 Å². The largest absolute Gasteiger partial charge is 0.443 e. The van der Waals surface area contributed by atoms with Gasteiger partial charge >= 0.3 is 0 Å². The average Bonchev–Trinajstić information content (AvgIpc) is 3.43. The summed E-state index contributed by atoms with van der Waals surface area (Å²) in [6.45, 7) is 0. The summed E-state index contributed by atoms with van der Waals surface area (Å²) in [7, 11) is 4.12. The van der Waals surface area contributed by atoms with E-state index in [1.807, 2.05) is 0 Å². The van der Waals surface area contributed by atoms with Crippen LogP contribution in [0, 0.1) is 0 Å². The van der Waals surface area contributed by atoms with Crippen molar-refractivity contribution in [3.8, 4) is 11.6 Å². The van der Waals surface area contributed by atoms with Gasteiger partial charge in [0.25, 0.3) is 0 Å². The molecule has 2 heterocycles. The van der Waals surface area contributed by atoms with E-state index < -0.39 is 0 Å². The highest BCUT2D eigenvalue weighted by molar-refractivity contribution is 5.73. The molecule has 0 spiro atoms. The van der Waals surface area contributed by atoms with Gasteiger partial charge in [-0.3, -0.25) is 5.10 Å².